The Labute approximate surface area is 197 Å². The maximum Gasteiger partial charge on any atom is 0.352 e. The molecule has 0 saturated carbocycles. The number of hydrogen-bond donors (Lipinski definition) is 4. The smallest absolute Gasteiger partial charge is 0.352 e. The zero-order valence-electron chi connectivity index (χ0n) is 17.9. The van der Waals surface area contributed by atoms with E-state index in [0.29, 0.717) is 0 Å². The molecule has 0 aromatic carbocycles. The predicted octanol–water partition coefficient (Wildman–Crippen LogP) is -0.576. The predicted molar refractivity (Wildman–Crippen MR) is 120 cm³/mol. The lowest BCUT2D eigenvalue weighted by Crippen LogP contribution is -2.70. The van der Waals surface area contributed by atoms with E-state index in [9.17, 15) is 29.1 Å². The first-order chi connectivity index (χ1) is 15.6. The quantitative estimate of drug-likeness (QED) is 0.258. The molecule has 33 heavy (non-hydrogen) atoms. The summed E-state index contributed by atoms with van der Waals surface area (Å²) in [5, 5.41) is 16.0. The number of nitrogens with two attached hydrogens (primary N) is 1. The number of thioether (sulfide) groups is 1. The zero-order valence-corrected chi connectivity index (χ0v) is 19.5. The van der Waals surface area contributed by atoms with Gasteiger partial charge in [-0.05, 0) is 25.3 Å². The Kier molecular flexibility index (Phi) is 7.76. The van der Waals surface area contributed by atoms with Crippen LogP contribution in [0.25, 0.3) is 0 Å². The van der Waals surface area contributed by atoms with Gasteiger partial charge in [0.1, 0.15) is 29.8 Å². The Morgan fingerprint density at radius 3 is 2.67 bits per heavy atom. The van der Waals surface area contributed by atoms with Gasteiger partial charge >= 0.3 is 11.9 Å². The van der Waals surface area contributed by atoms with Crippen molar-refractivity contribution in [3.05, 3.63) is 33.7 Å². The molecule has 1 saturated heterocycles. The van der Waals surface area contributed by atoms with Crippen LogP contribution in [0.5, 0.6) is 0 Å². The van der Waals surface area contributed by atoms with Gasteiger partial charge in [-0.15, -0.1) is 23.1 Å². The second kappa shape index (κ2) is 10.4. The molecule has 1 aromatic rings. The van der Waals surface area contributed by atoms with Crippen molar-refractivity contribution in [2.45, 2.75) is 43.8 Å². The van der Waals surface area contributed by atoms with E-state index in [4.69, 9.17) is 10.5 Å². The summed E-state index contributed by atoms with van der Waals surface area (Å²) in [5.74, 6) is -3.28. The van der Waals surface area contributed by atoms with Crippen molar-refractivity contribution in [3.63, 3.8) is 0 Å². The molecule has 1 fully saturated rings. The third-order valence-electron chi connectivity index (χ3n) is 5.00. The number of nitrogens with zero attached hydrogens (tertiary/aromatic N) is 1. The second-order valence-corrected chi connectivity index (χ2v) is 9.73. The number of thiophene rings is 1. The fourth-order valence-electron chi connectivity index (χ4n) is 3.28. The molecule has 0 bridgehead atoms. The molecular formula is C20H24N4O7S2. The number of carboxylic acid groups (broad SMARTS) is 1. The number of aliphatic carboxylic acids is 1. The Morgan fingerprint density at radius 1 is 1.33 bits per heavy atom. The number of carboxylic acids is 1. The topological polar surface area (TPSA) is 168 Å². The van der Waals surface area contributed by atoms with E-state index in [1.807, 2.05) is 17.5 Å². The molecule has 2 aliphatic rings. The summed E-state index contributed by atoms with van der Waals surface area (Å²) in [6.07, 6.45) is 0.138. The van der Waals surface area contributed by atoms with Crippen molar-refractivity contribution in [1.29, 1.82) is 0 Å². The molecule has 5 N–H and O–H groups in total. The van der Waals surface area contributed by atoms with E-state index >= 15 is 0 Å². The standard InChI is InChI=1S/C20H24N4O7S2/c1-9(21)16(26)22-10(2)20(30)31-7-11-8-33-18-14(17(27)24(18)15(11)19(28)29)23-13(25)6-12-4-3-5-32-12/h3-5,9-10,14,18H,6-8,21H2,1-2H3,(H,22,26)(H,23,25)(H,28,29)/t9-,10-,14+,18-/m0/s1. The number of fused-ring (bicyclic) bond motifs is 1. The van der Waals surface area contributed by atoms with Gasteiger partial charge in [-0.2, -0.15) is 0 Å². The summed E-state index contributed by atoms with van der Waals surface area (Å²) in [6, 6.07) is 1.04. The van der Waals surface area contributed by atoms with Crippen molar-refractivity contribution >= 4 is 52.8 Å². The first-order valence-electron chi connectivity index (χ1n) is 10.0. The van der Waals surface area contributed by atoms with Crippen LogP contribution in [-0.2, 0) is 35.1 Å². The van der Waals surface area contributed by atoms with Crippen molar-refractivity contribution in [2.75, 3.05) is 12.4 Å². The van der Waals surface area contributed by atoms with Crippen LogP contribution in [0.2, 0.25) is 0 Å². The normalized spacial score (nSPS) is 21.4. The van der Waals surface area contributed by atoms with Crippen LogP contribution in [0.1, 0.15) is 18.7 Å². The fraction of sp³-hybridized carbons (Fsp3) is 0.450. The third-order valence-corrected chi connectivity index (χ3v) is 7.21. The maximum absolute atomic E-state index is 12.7. The molecule has 11 nitrogen and oxygen atoms in total. The summed E-state index contributed by atoms with van der Waals surface area (Å²) in [5.41, 5.74) is 5.44. The van der Waals surface area contributed by atoms with Crippen LogP contribution in [0.15, 0.2) is 28.8 Å². The van der Waals surface area contributed by atoms with E-state index in [1.54, 1.807) is 0 Å². The summed E-state index contributed by atoms with van der Waals surface area (Å²) < 4.78 is 5.16. The fourth-order valence-corrected chi connectivity index (χ4v) is 5.31. The highest BCUT2D eigenvalue weighted by molar-refractivity contribution is 8.00. The lowest BCUT2D eigenvalue weighted by molar-refractivity contribution is -0.151. The Hall–Kier alpha value is -2.90. The number of ether oxygens (including phenoxy) is 1. The van der Waals surface area contributed by atoms with Crippen LogP contribution in [0.3, 0.4) is 0 Å². The summed E-state index contributed by atoms with van der Waals surface area (Å²) in [7, 11) is 0. The minimum Gasteiger partial charge on any atom is -0.477 e. The average Bonchev–Trinajstić information content (AvgIpc) is 3.27. The molecule has 3 heterocycles. The Bertz CT molecular complexity index is 993. The second-order valence-electron chi connectivity index (χ2n) is 7.60. The van der Waals surface area contributed by atoms with Gasteiger partial charge in [0.15, 0.2) is 0 Å². The maximum atomic E-state index is 12.7. The number of carbonyl (C=O) groups excluding carboxylic acids is 4. The number of hydrogen-bond acceptors (Lipinski definition) is 9. The molecule has 2 aliphatic heterocycles. The minimum atomic E-state index is -1.33. The van der Waals surface area contributed by atoms with Crippen molar-refractivity contribution < 1.29 is 33.8 Å². The highest BCUT2D eigenvalue weighted by Crippen LogP contribution is 2.40. The minimum absolute atomic E-state index is 0.138. The molecule has 0 unspecified atom stereocenters. The van der Waals surface area contributed by atoms with Crippen LogP contribution in [-0.4, -0.2) is 75.5 Å². The van der Waals surface area contributed by atoms with Crippen molar-refractivity contribution in [2.24, 2.45) is 5.73 Å². The highest BCUT2D eigenvalue weighted by Gasteiger charge is 2.54. The third kappa shape index (κ3) is 5.54. The van der Waals surface area contributed by atoms with E-state index in [1.165, 1.54) is 36.9 Å². The molecule has 1 aromatic heterocycles. The molecule has 4 atom stereocenters. The van der Waals surface area contributed by atoms with Crippen molar-refractivity contribution in [1.82, 2.24) is 15.5 Å². The van der Waals surface area contributed by atoms with Crippen molar-refractivity contribution in [3.8, 4) is 0 Å². The molecular weight excluding hydrogens is 472 g/mol. The molecule has 3 amide bonds. The number of carbonyl (C=O) groups is 5. The Balaban J connectivity index is 1.62. The molecule has 13 heteroatoms. The molecule has 0 radical (unpaired) electrons. The molecule has 178 valence electrons. The van der Waals surface area contributed by atoms with Gasteiger partial charge in [-0.25, -0.2) is 9.59 Å². The lowest BCUT2D eigenvalue weighted by Gasteiger charge is -2.49. The summed E-state index contributed by atoms with van der Waals surface area (Å²) in [4.78, 5) is 62.6. The molecule has 0 spiro atoms. The first-order valence-corrected chi connectivity index (χ1v) is 12.0. The van der Waals surface area contributed by atoms with Gasteiger partial charge in [-0.3, -0.25) is 19.3 Å². The van der Waals surface area contributed by atoms with E-state index < -0.39 is 47.3 Å². The Morgan fingerprint density at radius 2 is 2.06 bits per heavy atom. The number of rotatable bonds is 9. The van der Waals surface area contributed by atoms with Crippen LogP contribution >= 0.6 is 23.1 Å². The van der Waals surface area contributed by atoms with Crippen LogP contribution in [0, 0.1) is 0 Å². The van der Waals surface area contributed by atoms with Gasteiger partial charge in [-0.1, -0.05) is 6.07 Å². The number of nitrogens with one attached hydrogen (secondary N) is 2. The largest absolute Gasteiger partial charge is 0.477 e. The first kappa shape index (κ1) is 24.7. The van der Waals surface area contributed by atoms with Gasteiger partial charge in [0, 0.05) is 16.2 Å². The van der Waals surface area contributed by atoms with Gasteiger partial charge in [0.05, 0.1) is 12.5 Å². The van der Waals surface area contributed by atoms with E-state index in [-0.39, 0.29) is 36.0 Å². The molecule has 3 rings (SSSR count). The lowest BCUT2D eigenvalue weighted by atomic mass is 10.0. The van der Waals surface area contributed by atoms with Gasteiger partial charge < -0.3 is 26.2 Å². The monoisotopic (exact) mass is 496 g/mol. The van der Waals surface area contributed by atoms with Crippen LogP contribution in [0.4, 0.5) is 0 Å². The SMILES string of the molecule is C[C@H](N)C(=O)N[C@@H](C)C(=O)OCC1=C(C(=O)O)N2C(=O)[C@@H](NC(=O)Cc3cccs3)[C@@H]2SC1. The average molecular weight is 497 g/mol. The zero-order chi connectivity index (χ0) is 24.3. The molecule has 0 aliphatic carbocycles. The summed E-state index contributed by atoms with van der Waals surface area (Å²) >= 11 is 2.70. The highest BCUT2D eigenvalue weighted by atomic mass is 32.2. The van der Waals surface area contributed by atoms with Crippen LogP contribution < -0.4 is 16.4 Å². The number of β-lactam (4-membered cyclic amide) rings is 1. The van der Waals surface area contributed by atoms with E-state index in [2.05, 4.69) is 10.6 Å². The van der Waals surface area contributed by atoms with Gasteiger partial charge in [0.2, 0.25) is 11.8 Å². The van der Waals surface area contributed by atoms with Gasteiger partial charge in [0.25, 0.3) is 5.91 Å². The number of amides is 3. The number of esters is 1. The van der Waals surface area contributed by atoms with E-state index in [0.717, 1.165) is 9.78 Å². The summed E-state index contributed by atoms with van der Waals surface area (Å²) in [6.45, 7) is 2.54.